The molecule has 0 bridgehead atoms. The van der Waals surface area contributed by atoms with Crippen molar-refractivity contribution in [3.8, 4) is 5.75 Å². The Balaban J connectivity index is 0.000000317. The van der Waals surface area contributed by atoms with E-state index in [-0.39, 0.29) is 0 Å². The highest BCUT2D eigenvalue weighted by Crippen LogP contribution is 2.41. The molecule has 2 aliphatic rings. The van der Waals surface area contributed by atoms with E-state index in [1.54, 1.807) is 18.4 Å². The SMILES string of the molecule is COc1ccc(CN2CCC3(CCN(Cc4nccs4)CC3)C2)cc1.O=C(O)C(F)(F)F.O=C(O)C(F)(F)F. The van der Waals surface area contributed by atoms with Crippen LogP contribution < -0.4 is 4.74 Å². The molecule has 2 aromatic rings. The molecule has 0 amide bonds. The minimum atomic E-state index is -5.08. The van der Waals surface area contributed by atoms with E-state index in [9.17, 15) is 26.3 Å². The molecule has 39 heavy (non-hydrogen) atoms. The molecule has 2 fully saturated rings. The first kappa shape index (κ1) is 32.3. The van der Waals surface area contributed by atoms with Gasteiger partial charge in [-0.3, -0.25) is 9.80 Å². The molecule has 0 atom stereocenters. The van der Waals surface area contributed by atoms with E-state index in [0.717, 1.165) is 18.8 Å². The zero-order chi connectivity index (χ0) is 29.3. The van der Waals surface area contributed by atoms with Crippen molar-refractivity contribution in [1.82, 2.24) is 14.8 Å². The normalized spacial score (nSPS) is 17.5. The van der Waals surface area contributed by atoms with Crippen LogP contribution in [0.15, 0.2) is 35.8 Å². The molecule has 1 spiro atoms. The Morgan fingerprint density at radius 2 is 1.41 bits per heavy atom. The molecule has 2 aliphatic heterocycles. The van der Waals surface area contributed by atoms with E-state index in [4.69, 9.17) is 24.5 Å². The minimum absolute atomic E-state index is 0.547. The molecular weight excluding hydrogens is 556 g/mol. The zero-order valence-electron chi connectivity index (χ0n) is 21.0. The third kappa shape index (κ3) is 11.0. The van der Waals surface area contributed by atoms with E-state index in [0.29, 0.717) is 5.41 Å². The lowest BCUT2D eigenvalue weighted by Crippen LogP contribution is -2.41. The van der Waals surface area contributed by atoms with Crippen LogP contribution in [0.4, 0.5) is 26.3 Å². The summed E-state index contributed by atoms with van der Waals surface area (Å²) in [7, 11) is 1.72. The Morgan fingerprint density at radius 3 is 1.82 bits per heavy atom. The Hall–Kier alpha value is -2.91. The van der Waals surface area contributed by atoms with Gasteiger partial charge in [0.1, 0.15) is 10.8 Å². The van der Waals surface area contributed by atoms with Crippen molar-refractivity contribution in [2.45, 2.75) is 44.7 Å². The number of carboxylic acids is 2. The number of carboxylic acid groups (broad SMARTS) is 2. The van der Waals surface area contributed by atoms with Crippen LogP contribution in [0.25, 0.3) is 0 Å². The number of benzene rings is 1. The summed E-state index contributed by atoms with van der Waals surface area (Å²) in [6.07, 6.45) is -4.23. The summed E-state index contributed by atoms with van der Waals surface area (Å²) in [5, 5.41) is 17.6. The maximum Gasteiger partial charge on any atom is 0.490 e. The fraction of sp³-hybridized carbons (Fsp3) is 0.542. The van der Waals surface area contributed by atoms with E-state index < -0.39 is 24.3 Å². The van der Waals surface area contributed by atoms with Crippen molar-refractivity contribution < 1.29 is 50.9 Å². The molecule has 3 heterocycles. The first-order valence-electron chi connectivity index (χ1n) is 11.7. The molecule has 2 saturated heterocycles. The molecule has 0 unspecified atom stereocenters. The van der Waals surface area contributed by atoms with Crippen molar-refractivity contribution >= 4 is 23.3 Å². The quantitative estimate of drug-likeness (QED) is 0.478. The predicted molar refractivity (Wildman–Crippen MR) is 129 cm³/mol. The molecule has 2 N–H and O–H groups in total. The molecule has 1 aromatic heterocycles. The van der Waals surface area contributed by atoms with Gasteiger partial charge in [0, 0.05) is 24.7 Å². The van der Waals surface area contributed by atoms with Gasteiger partial charge in [-0.1, -0.05) is 12.1 Å². The second kappa shape index (κ2) is 13.9. The Kier molecular flexibility index (Phi) is 11.5. The van der Waals surface area contributed by atoms with Gasteiger partial charge >= 0.3 is 24.3 Å². The third-order valence-electron chi connectivity index (χ3n) is 6.33. The van der Waals surface area contributed by atoms with Crippen LogP contribution in [0.3, 0.4) is 0 Å². The van der Waals surface area contributed by atoms with Crippen molar-refractivity contribution in [3.05, 3.63) is 46.4 Å². The smallest absolute Gasteiger partial charge is 0.490 e. The molecule has 218 valence electrons. The van der Waals surface area contributed by atoms with Gasteiger partial charge in [-0.2, -0.15) is 26.3 Å². The molecule has 0 aliphatic carbocycles. The van der Waals surface area contributed by atoms with Crippen molar-refractivity contribution in [1.29, 1.82) is 0 Å². The molecular formula is C24H29F6N3O5S. The predicted octanol–water partition coefficient (Wildman–Crippen LogP) is 4.91. The topological polar surface area (TPSA) is 103 Å². The fourth-order valence-electron chi connectivity index (χ4n) is 4.27. The summed E-state index contributed by atoms with van der Waals surface area (Å²) >= 11 is 1.77. The van der Waals surface area contributed by atoms with Gasteiger partial charge in [0.25, 0.3) is 0 Å². The van der Waals surface area contributed by atoms with Crippen LogP contribution in [0, 0.1) is 5.41 Å². The first-order valence-corrected chi connectivity index (χ1v) is 12.6. The van der Waals surface area contributed by atoms with Gasteiger partial charge in [0.15, 0.2) is 0 Å². The number of piperidine rings is 1. The largest absolute Gasteiger partial charge is 0.497 e. The van der Waals surface area contributed by atoms with Gasteiger partial charge in [0.2, 0.25) is 0 Å². The number of hydrogen-bond donors (Lipinski definition) is 2. The Bertz CT molecular complexity index is 1020. The number of carbonyl (C=O) groups is 2. The maximum atomic E-state index is 10.6. The molecule has 8 nitrogen and oxygen atoms in total. The number of methoxy groups -OCH3 is 1. The van der Waals surface area contributed by atoms with Crippen LogP contribution in [0.2, 0.25) is 0 Å². The first-order chi connectivity index (χ1) is 18.1. The lowest BCUT2D eigenvalue weighted by molar-refractivity contribution is -0.193. The third-order valence-corrected chi connectivity index (χ3v) is 7.09. The summed E-state index contributed by atoms with van der Waals surface area (Å²) in [6, 6.07) is 8.53. The summed E-state index contributed by atoms with van der Waals surface area (Å²) < 4.78 is 68.7. The number of ether oxygens (including phenoxy) is 1. The fourth-order valence-corrected chi connectivity index (χ4v) is 4.93. The number of alkyl halides is 6. The van der Waals surface area contributed by atoms with Gasteiger partial charge < -0.3 is 14.9 Å². The summed E-state index contributed by atoms with van der Waals surface area (Å²) in [6.45, 7) is 7.02. The Labute approximate surface area is 224 Å². The monoisotopic (exact) mass is 585 g/mol. The van der Waals surface area contributed by atoms with Gasteiger partial charge in [-0.25, -0.2) is 14.6 Å². The standard InChI is InChI=1S/C20H27N3OS.2C2HF3O2/c1-24-18-4-2-17(3-5-18)14-23-12-8-20(16-23)6-10-22(11-7-20)15-19-21-9-13-25-19;2*3-2(4,5)1(6)7/h2-5,9,13H,6-8,10-12,14-16H2,1H3;2*(H,6,7). The van der Waals surface area contributed by atoms with E-state index in [2.05, 4.69) is 44.4 Å². The maximum absolute atomic E-state index is 10.6. The minimum Gasteiger partial charge on any atom is -0.497 e. The summed E-state index contributed by atoms with van der Waals surface area (Å²) in [5.41, 5.74) is 1.94. The highest BCUT2D eigenvalue weighted by Gasteiger charge is 2.41. The van der Waals surface area contributed by atoms with E-state index in [1.165, 1.54) is 56.0 Å². The number of hydrogen-bond acceptors (Lipinski definition) is 7. The molecule has 0 radical (unpaired) electrons. The van der Waals surface area contributed by atoms with E-state index >= 15 is 0 Å². The lowest BCUT2D eigenvalue weighted by Gasteiger charge is -2.39. The van der Waals surface area contributed by atoms with Gasteiger partial charge in [-0.15, -0.1) is 11.3 Å². The average Bonchev–Trinajstić information content (AvgIpc) is 3.51. The van der Waals surface area contributed by atoms with Crippen LogP contribution in [0.1, 0.15) is 29.8 Å². The van der Waals surface area contributed by atoms with Crippen LogP contribution in [-0.2, 0) is 22.7 Å². The molecule has 1 aromatic carbocycles. The Morgan fingerprint density at radius 1 is 0.923 bits per heavy atom. The van der Waals surface area contributed by atoms with Crippen molar-refractivity contribution in [2.24, 2.45) is 5.41 Å². The zero-order valence-corrected chi connectivity index (χ0v) is 21.8. The van der Waals surface area contributed by atoms with E-state index in [1.807, 2.05) is 6.20 Å². The summed E-state index contributed by atoms with van der Waals surface area (Å²) in [4.78, 5) is 27.4. The highest BCUT2D eigenvalue weighted by atomic mass is 32.1. The lowest BCUT2D eigenvalue weighted by atomic mass is 9.78. The van der Waals surface area contributed by atoms with Crippen molar-refractivity contribution in [3.63, 3.8) is 0 Å². The second-order valence-corrected chi connectivity index (χ2v) is 10.1. The number of thiazole rings is 1. The molecule has 0 saturated carbocycles. The van der Waals surface area contributed by atoms with Gasteiger partial charge in [0.05, 0.1) is 13.7 Å². The van der Waals surface area contributed by atoms with Crippen molar-refractivity contribution in [2.75, 3.05) is 33.3 Å². The second-order valence-electron chi connectivity index (χ2n) is 9.12. The average molecular weight is 586 g/mol. The van der Waals surface area contributed by atoms with Crippen LogP contribution in [0.5, 0.6) is 5.75 Å². The van der Waals surface area contributed by atoms with Gasteiger partial charge in [-0.05, 0) is 62.0 Å². The molecule has 4 rings (SSSR count). The highest BCUT2D eigenvalue weighted by molar-refractivity contribution is 7.09. The summed E-state index contributed by atoms with van der Waals surface area (Å²) in [5.74, 6) is -4.57. The number of nitrogens with zero attached hydrogens (tertiary/aromatic N) is 3. The number of halogens is 6. The number of aliphatic carboxylic acids is 2. The molecule has 15 heteroatoms. The number of likely N-dealkylation sites (tertiary alicyclic amines) is 2. The number of rotatable bonds is 5. The van der Waals surface area contributed by atoms with Crippen LogP contribution >= 0.6 is 11.3 Å². The van der Waals surface area contributed by atoms with Crippen LogP contribution in [-0.4, -0.2) is 82.6 Å². The number of aromatic nitrogens is 1.